The molecule has 1 aliphatic rings. The first-order valence-electron chi connectivity index (χ1n) is 7.71. The lowest BCUT2D eigenvalue weighted by atomic mass is 10.0. The summed E-state index contributed by atoms with van der Waals surface area (Å²) in [5.41, 5.74) is 0.521. The lowest BCUT2D eigenvalue weighted by molar-refractivity contribution is 0.0304. The van der Waals surface area contributed by atoms with Gasteiger partial charge < -0.3 is 10.0 Å². The average Bonchev–Trinajstić information content (AvgIpc) is 2.57. The van der Waals surface area contributed by atoms with Crippen molar-refractivity contribution < 1.29 is 9.90 Å². The minimum atomic E-state index is -0.504. The van der Waals surface area contributed by atoms with E-state index in [2.05, 4.69) is 5.10 Å². The van der Waals surface area contributed by atoms with E-state index in [0.717, 1.165) is 6.42 Å². The lowest BCUT2D eigenvalue weighted by Gasteiger charge is -2.35. The molecule has 120 valence electrons. The monoisotopic (exact) mass is 313 g/mol. The first-order chi connectivity index (χ1) is 11.1. The van der Waals surface area contributed by atoms with Crippen molar-refractivity contribution in [2.75, 3.05) is 6.54 Å². The van der Waals surface area contributed by atoms with Gasteiger partial charge in [0.15, 0.2) is 0 Å². The molecule has 1 fully saturated rings. The molecule has 0 spiro atoms. The molecule has 0 radical (unpaired) electrons. The number of likely N-dealkylation sites (tertiary alicyclic amines) is 1. The molecule has 2 heterocycles. The third-order valence-corrected chi connectivity index (χ3v) is 4.14. The van der Waals surface area contributed by atoms with Crippen LogP contribution in [0.25, 0.3) is 5.69 Å². The summed E-state index contributed by atoms with van der Waals surface area (Å²) < 4.78 is 1.22. The number of hydrogen-bond donors (Lipinski definition) is 1. The van der Waals surface area contributed by atoms with Crippen LogP contribution in [0.15, 0.2) is 47.3 Å². The van der Waals surface area contributed by atoms with E-state index in [9.17, 15) is 14.7 Å². The topological polar surface area (TPSA) is 75.4 Å². The van der Waals surface area contributed by atoms with Gasteiger partial charge in [0.05, 0.1) is 11.8 Å². The van der Waals surface area contributed by atoms with Crippen molar-refractivity contribution in [1.29, 1.82) is 0 Å². The van der Waals surface area contributed by atoms with Crippen LogP contribution in [0.4, 0.5) is 0 Å². The van der Waals surface area contributed by atoms with Gasteiger partial charge in [0, 0.05) is 18.7 Å². The SMILES string of the molecule is C[C@@H]1CC[C@@H](O)CN1C(=O)c1ccc(=O)n(-c2ccccc2)n1. The Kier molecular flexibility index (Phi) is 4.25. The highest BCUT2D eigenvalue weighted by Gasteiger charge is 2.29. The number of carbonyl (C=O) groups excluding carboxylic acids is 1. The number of aromatic nitrogens is 2. The van der Waals surface area contributed by atoms with Crippen molar-refractivity contribution in [2.45, 2.75) is 31.9 Å². The molecule has 1 amide bonds. The predicted molar refractivity (Wildman–Crippen MR) is 85.6 cm³/mol. The first kappa shape index (κ1) is 15.4. The summed E-state index contributed by atoms with van der Waals surface area (Å²) in [6, 6.07) is 11.8. The Morgan fingerprint density at radius 2 is 1.91 bits per heavy atom. The van der Waals surface area contributed by atoms with Gasteiger partial charge in [0.1, 0.15) is 5.69 Å². The smallest absolute Gasteiger partial charge is 0.274 e. The number of nitrogens with zero attached hydrogens (tertiary/aromatic N) is 3. The summed E-state index contributed by atoms with van der Waals surface area (Å²) in [5.74, 6) is -0.263. The van der Waals surface area contributed by atoms with Crippen LogP contribution in [-0.4, -0.2) is 44.4 Å². The minimum absolute atomic E-state index is 0.0461. The van der Waals surface area contributed by atoms with Crippen molar-refractivity contribution in [3.8, 4) is 5.69 Å². The van der Waals surface area contributed by atoms with Gasteiger partial charge in [-0.15, -0.1) is 0 Å². The second-order valence-corrected chi connectivity index (χ2v) is 5.84. The molecule has 0 unspecified atom stereocenters. The third kappa shape index (κ3) is 3.17. The summed E-state index contributed by atoms with van der Waals surface area (Å²) in [4.78, 5) is 26.3. The average molecular weight is 313 g/mol. The maximum atomic E-state index is 12.7. The van der Waals surface area contributed by atoms with Crippen LogP contribution in [0.5, 0.6) is 0 Å². The number of rotatable bonds is 2. The Morgan fingerprint density at radius 1 is 1.17 bits per heavy atom. The highest BCUT2D eigenvalue weighted by molar-refractivity contribution is 5.92. The third-order valence-electron chi connectivity index (χ3n) is 4.14. The van der Waals surface area contributed by atoms with E-state index >= 15 is 0 Å². The Balaban J connectivity index is 1.94. The molecule has 0 bridgehead atoms. The molecule has 1 saturated heterocycles. The van der Waals surface area contributed by atoms with E-state index in [1.165, 1.54) is 16.8 Å². The zero-order chi connectivity index (χ0) is 16.4. The zero-order valence-electron chi connectivity index (χ0n) is 12.9. The first-order valence-corrected chi connectivity index (χ1v) is 7.71. The van der Waals surface area contributed by atoms with Crippen molar-refractivity contribution in [3.05, 3.63) is 58.5 Å². The van der Waals surface area contributed by atoms with Gasteiger partial charge in [-0.05, 0) is 38.0 Å². The molecule has 23 heavy (non-hydrogen) atoms. The van der Waals surface area contributed by atoms with Gasteiger partial charge in [-0.3, -0.25) is 9.59 Å². The van der Waals surface area contributed by atoms with E-state index in [0.29, 0.717) is 18.7 Å². The minimum Gasteiger partial charge on any atom is -0.391 e. The summed E-state index contributed by atoms with van der Waals surface area (Å²) in [6.45, 7) is 2.25. The standard InChI is InChI=1S/C17H19N3O3/c1-12-7-8-14(21)11-19(12)17(23)15-9-10-16(22)20(18-15)13-5-3-2-4-6-13/h2-6,9-10,12,14,21H,7-8,11H2,1H3/t12-,14-/m1/s1. The largest absolute Gasteiger partial charge is 0.391 e. The molecule has 1 N–H and O–H groups in total. The van der Waals surface area contributed by atoms with Gasteiger partial charge in [0.2, 0.25) is 0 Å². The van der Waals surface area contributed by atoms with Crippen LogP contribution in [-0.2, 0) is 0 Å². The fourth-order valence-corrected chi connectivity index (χ4v) is 2.80. The van der Waals surface area contributed by atoms with Gasteiger partial charge >= 0.3 is 0 Å². The number of hydrogen-bond acceptors (Lipinski definition) is 4. The number of aliphatic hydroxyl groups excluding tert-OH is 1. The molecule has 6 heteroatoms. The molecule has 2 atom stereocenters. The quantitative estimate of drug-likeness (QED) is 0.904. The summed E-state index contributed by atoms with van der Waals surface area (Å²) in [5, 5.41) is 14.0. The molecule has 1 aromatic carbocycles. The number of amides is 1. The van der Waals surface area contributed by atoms with E-state index in [1.807, 2.05) is 13.0 Å². The van der Waals surface area contributed by atoms with Crippen LogP contribution in [0.3, 0.4) is 0 Å². The van der Waals surface area contributed by atoms with Gasteiger partial charge in [-0.1, -0.05) is 18.2 Å². The fraction of sp³-hybridized carbons (Fsp3) is 0.353. The van der Waals surface area contributed by atoms with E-state index in [-0.39, 0.29) is 23.2 Å². The van der Waals surface area contributed by atoms with Crippen LogP contribution >= 0.6 is 0 Å². The Morgan fingerprint density at radius 3 is 2.65 bits per heavy atom. The number of piperidine rings is 1. The lowest BCUT2D eigenvalue weighted by Crippen LogP contribution is -2.48. The maximum absolute atomic E-state index is 12.7. The normalized spacial score (nSPS) is 21.2. The van der Waals surface area contributed by atoms with Gasteiger partial charge in [-0.2, -0.15) is 9.78 Å². The van der Waals surface area contributed by atoms with Crippen molar-refractivity contribution in [3.63, 3.8) is 0 Å². The molecule has 0 saturated carbocycles. The molecule has 0 aliphatic carbocycles. The molecule has 3 rings (SSSR count). The Labute approximate surface area is 134 Å². The van der Waals surface area contributed by atoms with Crippen molar-refractivity contribution in [2.24, 2.45) is 0 Å². The molecule has 1 aliphatic heterocycles. The maximum Gasteiger partial charge on any atom is 0.274 e. The molecule has 1 aromatic heterocycles. The summed E-state index contributed by atoms with van der Waals surface area (Å²) in [7, 11) is 0. The molecular formula is C17H19N3O3. The molecule has 6 nitrogen and oxygen atoms in total. The molecular weight excluding hydrogens is 294 g/mol. The Bertz CT molecular complexity index is 757. The van der Waals surface area contributed by atoms with Crippen LogP contribution in [0.2, 0.25) is 0 Å². The number of carbonyl (C=O) groups is 1. The van der Waals surface area contributed by atoms with Crippen LogP contribution < -0.4 is 5.56 Å². The Hall–Kier alpha value is -2.47. The highest BCUT2D eigenvalue weighted by atomic mass is 16.3. The van der Waals surface area contributed by atoms with E-state index in [1.54, 1.807) is 29.2 Å². The van der Waals surface area contributed by atoms with E-state index < -0.39 is 6.10 Å². The summed E-state index contributed by atoms with van der Waals surface area (Å²) >= 11 is 0. The predicted octanol–water partition coefficient (Wildman–Crippen LogP) is 1.22. The summed E-state index contributed by atoms with van der Waals surface area (Å²) in [6.07, 6.45) is 0.947. The van der Waals surface area contributed by atoms with E-state index in [4.69, 9.17) is 0 Å². The van der Waals surface area contributed by atoms with Crippen LogP contribution in [0, 0.1) is 0 Å². The van der Waals surface area contributed by atoms with Crippen molar-refractivity contribution in [1.82, 2.24) is 14.7 Å². The molecule has 2 aromatic rings. The van der Waals surface area contributed by atoms with Gasteiger partial charge in [-0.25, -0.2) is 0 Å². The van der Waals surface area contributed by atoms with Gasteiger partial charge in [0.25, 0.3) is 11.5 Å². The second-order valence-electron chi connectivity index (χ2n) is 5.84. The number of para-hydroxylation sites is 1. The number of β-amino-alcohol motifs (C(OH)–C–C–N with tert-alkyl or cyclic N) is 1. The number of aliphatic hydroxyl groups is 1. The van der Waals surface area contributed by atoms with Crippen molar-refractivity contribution >= 4 is 5.91 Å². The highest BCUT2D eigenvalue weighted by Crippen LogP contribution is 2.19. The number of benzene rings is 1. The van der Waals surface area contributed by atoms with Crippen LogP contribution in [0.1, 0.15) is 30.3 Å². The second kappa shape index (κ2) is 6.34. The zero-order valence-corrected chi connectivity index (χ0v) is 12.9. The fourth-order valence-electron chi connectivity index (χ4n) is 2.80.